The van der Waals surface area contributed by atoms with Crippen molar-refractivity contribution in [2.45, 2.75) is 44.2 Å². The summed E-state index contributed by atoms with van der Waals surface area (Å²) in [6, 6.07) is 8.16. The average Bonchev–Trinajstić information content (AvgIpc) is 3.41. The van der Waals surface area contributed by atoms with Crippen LogP contribution in [0.3, 0.4) is 0 Å². The van der Waals surface area contributed by atoms with Crippen LogP contribution < -0.4 is 4.74 Å². The van der Waals surface area contributed by atoms with Gasteiger partial charge in [0.05, 0.1) is 11.7 Å². The number of hydrogen-bond acceptors (Lipinski definition) is 4. The Morgan fingerprint density at radius 1 is 1.12 bits per heavy atom. The van der Waals surface area contributed by atoms with E-state index in [9.17, 15) is 4.79 Å². The Bertz CT molecular complexity index is 594. The van der Waals surface area contributed by atoms with Crippen LogP contribution in [0.5, 0.6) is 5.75 Å². The van der Waals surface area contributed by atoms with Crippen molar-refractivity contribution in [1.82, 2.24) is 9.80 Å². The molecule has 5 nitrogen and oxygen atoms in total. The highest BCUT2D eigenvalue weighted by Crippen LogP contribution is 2.26. The van der Waals surface area contributed by atoms with Crippen molar-refractivity contribution in [3.63, 3.8) is 0 Å². The van der Waals surface area contributed by atoms with Gasteiger partial charge in [-0.25, -0.2) is 0 Å². The van der Waals surface area contributed by atoms with Crippen molar-refractivity contribution >= 4 is 5.91 Å². The monoisotopic (exact) mass is 344 g/mol. The number of carbonyl (C=O) groups is 1. The molecule has 1 aromatic carbocycles. The third-order valence-electron chi connectivity index (χ3n) is 5.67. The molecule has 0 spiro atoms. The van der Waals surface area contributed by atoms with Crippen LogP contribution in [0.25, 0.3) is 0 Å². The summed E-state index contributed by atoms with van der Waals surface area (Å²) in [5.41, 5.74) is 0.683. The van der Waals surface area contributed by atoms with Crippen molar-refractivity contribution in [3.8, 4) is 5.75 Å². The fourth-order valence-corrected chi connectivity index (χ4v) is 4.23. The van der Waals surface area contributed by atoms with Crippen LogP contribution >= 0.6 is 0 Å². The van der Waals surface area contributed by atoms with Gasteiger partial charge in [0, 0.05) is 25.7 Å². The first-order valence-corrected chi connectivity index (χ1v) is 9.68. The van der Waals surface area contributed by atoms with E-state index in [1.807, 2.05) is 29.2 Å². The van der Waals surface area contributed by atoms with Crippen LogP contribution in [0.4, 0.5) is 0 Å². The minimum absolute atomic E-state index is 0.102. The topological polar surface area (TPSA) is 42.0 Å². The first-order chi connectivity index (χ1) is 12.3. The number of benzene rings is 1. The molecule has 0 radical (unpaired) electrons. The fourth-order valence-electron chi connectivity index (χ4n) is 4.23. The maximum absolute atomic E-state index is 13.0. The molecule has 3 aliphatic heterocycles. The highest BCUT2D eigenvalue weighted by Gasteiger charge is 2.32. The molecule has 3 fully saturated rings. The summed E-state index contributed by atoms with van der Waals surface area (Å²) < 4.78 is 11.6. The molecule has 0 saturated carbocycles. The van der Waals surface area contributed by atoms with Gasteiger partial charge in [-0.2, -0.15) is 0 Å². The number of carbonyl (C=O) groups excluding carboxylic acids is 1. The molecule has 3 aliphatic rings. The van der Waals surface area contributed by atoms with E-state index in [2.05, 4.69) is 4.90 Å². The molecule has 3 saturated heterocycles. The summed E-state index contributed by atoms with van der Waals surface area (Å²) in [7, 11) is 0. The standard InChI is InChI=1S/C20H28N2O3/c23-20(22-12-9-16(14-22)21-10-3-4-11-21)18-7-1-2-8-19(18)25-15-17-6-5-13-24-17/h1-2,7-8,16-17H,3-6,9-15H2/t16-,17+/m0/s1. The number of hydrogen-bond donors (Lipinski definition) is 0. The van der Waals surface area contributed by atoms with Crippen LogP contribution in [0.15, 0.2) is 24.3 Å². The Morgan fingerprint density at radius 2 is 1.96 bits per heavy atom. The lowest BCUT2D eigenvalue weighted by Crippen LogP contribution is -2.37. The van der Waals surface area contributed by atoms with E-state index >= 15 is 0 Å². The van der Waals surface area contributed by atoms with E-state index in [0.717, 1.165) is 39.0 Å². The molecular formula is C20H28N2O3. The van der Waals surface area contributed by atoms with Crippen molar-refractivity contribution in [2.75, 3.05) is 39.4 Å². The summed E-state index contributed by atoms with van der Waals surface area (Å²) in [4.78, 5) is 17.6. The second-order valence-electron chi connectivity index (χ2n) is 7.38. The number of likely N-dealkylation sites (tertiary alicyclic amines) is 2. The Balaban J connectivity index is 1.39. The zero-order chi connectivity index (χ0) is 17.1. The molecule has 0 aliphatic carbocycles. The quantitative estimate of drug-likeness (QED) is 0.823. The van der Waals surface area contributed by atoms with Crippen LogP contribution in [0.2, 0.25) is 0 Å². The van der Waals surface area contributed by atoms with Crippen LogP contribution in [-0.4, -0.2) is 67.2 Å². The second-order valence-corrected chi connectivity index (χ2v) is 7.38. The van der Waals surface area contributed by atoms with Gasteiger partial charge in [-0.3, -0.25) is 9.69 Å². The maximum Gasteiger partial charge on any atom is 0.257 e. The van der Waals surface area contributed by atoms with E-state index in [1.54, 1.807) is 0 Å². The molecule has 5 heteroatoms. The van der Waals surface area contributed by atoms with Gasteiger partial charge in [-0.1, -0.05) is 12.1 Å². The van der Waals surface area contributed by atoms with Crippen LogP contribution in [-0.2, 0) is 4.74 Å². The predicted molar refractivity (Wildman–Crippen MR) is 96.0 cm³/mol. The first kappa shape index (κ1) is 16.9. The highest BCUT2D eigenvalue weighted by atomic mass is 16.5. The van der Waals surface area contributed by atoms with Crippen molar-refractivity contribution in [3.05, 3.63) is 29.8 Å². The van der Waals surface area contributed by atoms with Crippen molar-refractivity contribution < 1.29 is 14.3 Å². The smallest absolute Gasteiger partial charge is 0.257 e. The predicted octanol–water partition coefficient (Wildman–Crippen LogP) is 2.55. The lowest BCUT2D eigenvalue weighted by atomic mass is 10.1. The van der Waals surface area contributed by atoms with Crippen molar-refractivity contribution in [1.29, 1.82) is 0 Å². The minimum Gasteiger partial charge on any atom is -0.490 e. The maximum atomic E-state index is 13.0. The Hall–Kier alpha value is -1.59. The third-order valence-corrected chi connectivity index (χ3v) is 5.67. The zero-order valence-electron chi connectivity index (χ0n) is 14.9. The zero-order valence-corrected chi connectivity index (χ0v) is 14.9. The van der Waals surface area contributed by atoms with Gasteiger partial charge in [-0.05, 0) is 57.3 Å². The Kier molecular flexibility index (Phi) is 5.22. The molecule has 1 amide bonds. The SMILES string of the molecule is O=C(c1ccccc1OC[C@H]1CCCO1)N1CC[C@H](N2CCCC2)C1. The number of nitrogens with zero attached hydrogens (tertiary/aromatic N) is 2. The summed E-state index contributed by atoms with van der Waals surface area (Å²) in [5.74, 6) is 0.789. The average molecular weight is 344 g/mol. The summed E-state index contributed by atoms with van der Waals surface area (Å²) in [6.07, 6.45) is 5.98. The van der Waals surface area contributed by atoms with Crippen LogP contribution in [0, 0.1) is 0 Å². The molecule has 25 heavy (non-hydrogen) atoms. The summed E-state index contributed by atoms with van der Waals surface area (Å²) >= 11 is 0. The molecule has 3 heterocycles. The summed E-state index contributed by atoms with van der Waals surface area (Å²) in [6.45, 7) is 5.42. The van der Waals surface area contributed by atoms with E-state index < -0.39 is 0 Å². The second kappa shape index (κ2) is 7.75. The Morgan fingerprint density at radius 3 is 2.76 bits per heavy atom. The van der Waals surface area contributed by atoms with Gasteiger partial charge in [0.15, 0.2) is 0 Å². The van der Waals surface area contributed by atoms with Crippen molar-refractivity contribution in [2.24, 2.45) is 0 Å². The summed E-state index contributed by atoms with van der Waals surface area (Å²) in [5, 5.41) is 0. The van der Waals surface area contributed by atoms with Crippen LogP contribution in [0.1, 0.15) is 42.5 Å². The number of para-hydroxylation sites is 1. The fraction of sp³-hybridized carbons (Fsp3) is 0.650. The normalized spacial score (nSPS) is 27.1. The lowest BCUT2D eigenvalue weighted by molar-refractivity contribution is 0.0655. The number of amides is 1. The first-order valence-electron chi connectivity index (χ1n) is 9.68. The molecule has 0 aromatic heterocycles. The Labute approximate surface area is 149 Å². The largest absolute Gasteiger partial charge is 0.490 e. The molecule has 1 aromatic rings. The molecule has 0 bridgehead atoms. The minimum atomic E-state index is 0.102. The molecule has 136 valence electrons. The van der Waals surface area contributed by atoms with Gasteiger partial charge < -0.3 is 14.4 Å². The van der Waals surface area contributed by atoms with Gasteiger partial charge >= 0.3 is 0 Å². The molecule has 0 unspecified atom stereocenters. The lowest BCUT2D eigenvalue weighted by Gasteiger charge is -2.24. The molecule has 0 N–H and O–H groups in total. The number of ether oxygens (including phenoxy) is 2. The van der Waals surface area contributed by atoms with E-state index in [4.69, 9.17) is 9.47 Å². The van der Waals surface area contributed by atoms with E-state index in [-0.39, 0.29) is 12.0 Å². The molecular weight excluding hydrogens is 316 g/mol. The van der Waals surface area contributed by atoms with Gasteiger partial charge in [0.2, 0.25) is 0 Å². The van der Waals surface area contributed by atoms with Gasteiger partial charge in [0.1, 0.15) is 12.4 Å². The van der Waals surface area contributed by atoms with Gasteiger partial charge in [-0.15, -0.1) is 0 Å². The third kappa shape index (κ3) is 3.82. The van der Waals surface area contributed by atoms with Gasteiger partial charge in [0.25, 0.3) is 5.91 Å². The van der Waals surface area contributed by atoms with E-state index in [0.29, 0.717) is 24.0 Å². The molecule has 2 atom stereocenters. The highest BCUT2D eigenvalue weighted by molar-refractivity contribution is 5.97. The van der Waals surface area contributed by atoms with E-state index in [1.165, 1.54) is 25.9 Å². The number of rotatable bonds is 5. The molecule has 4 rings (SSSR count).